The molecule has 1 unspecified atom stereocenters. The Hall–Kier alpha value is -1.40. The van der Waals surface area contributed by atoms with Crippen molar-refractivity contribution >= 4 is 34.2 Å². The topological polar surface area (TPSA) is 55.1 Å². The van der Waals surface area contributed by atoms with Crippen LogP contribution in [0.1, 0.15) is 17.2 Å². The molecule has 4 heteroatoms. The van der Waals surface area contributed by atoms with Crippen molar-refractivity contribution in [2.24, 2.45) is 5.73 Å². The lowest BCUT2D eigenvalue weighted by Crippen LogP contribution is -2.27. The maximum absolute atomic E-state index is 12.1. The quantitative estimate of drug-likeness (QED) is 0.820. The number of hydrogen-bond acceptors (Lipinski definition) is 2. The minimum atomic E-state index is -0.653. The average molecular weight is 366 g/mol. The Labute approximate surface area is 126 Å². The first-order chi connectivity index (χ1) is 9.08. The molecule has 0 saturated heterocycles. The molecule has 0 aliphatic heterocycles. The molecular formula is C15H15IN2O. The number of halogens is 1. The second-order valence-electron chi connectivity index (χ2n) is 4.34. The molecule has 3 nitrogen and oxygen atoms in total. The first-order valence-electron chi connectivity index (χ1n) is 5.95. The van der Waals surface area contributed by atoms with Crippen molar-refractivity contribution in [2.75, 3.05) is 5.32 Å². The van der Waals surface area contributed by atoms with Crippen LogP contribution in [0.4, 0.5) is 5.69 Å². The molecule has 1 atom stereocenters. The maximum Gasteiger partial charge on any atom is 0.245 e. The second kappa shape index (κ2) is 6.16. The molecule has 0 aliphatic rings. The third-order valence-electron chi connectivity index (χ3n) is 2.88. The first-order valence-corrected chi connectivity index (χ1v) is 7.03. The number of benzene rings is 2. The van der Waals surface area contributed by atoms with Crippen LogP contribution in [0.3, 0.4) is 0 Å². The van der Waals surface area contributed by atoms with E-state index >= 15 is 0 Å². The zero-order valence-corrected chi connectivity index (χ0v) is 12.7. The zero-order valence-electron chi connectivity index (χ0n) is 10.6. The van der Waals surface area contributed by atoms with Gasteiger partial charge in [0.05, 0.1) is 0 Å². The van der Waals surface area contributed by atoms with E-state index in [1.807, 2.05) is 55.5 Å². The van der Waals surface area contributed by atoms with Crippen LogP contribution in [0.5, 0.6) is 0 Å². The van der Waals surface area contributed by atoms with E-state index in [1.54, 1.807) is 0 Å². The summed E-state index contributed by atoms with van der Waals surface area (Å²) in [6.07, 6.45) is 0. The van der Waals surface area contributed by atoms with E-state index in [0.29, 0.717) is 0 Å². The van der Waals surface area contributed by atoms with Crippen molar-refractivity contribution in [2.45, 2.75) is 13.0 Å². The number of carbonyl (C=O) groups is 1. The Morgan fingerprint density at radius 3 is 2.53 bits per heavy atom. The van der Waals surface area contributed by atoms with E-state index < -0.39 is 6.04 Å². The summed E-state index contributed by atoms with van der Waals surface area (Å²) in [5.41, 5.74) is 8.70. The van der Waals surface area contributed by atoms with E-state index in [0.717, 1.165) is 14.8 Å². The van der Waals surface area contributed by atoms with Crippen molar-refractivity contribution in [3.8, 4) is 0 Å². The van der Waals surface area contributed by atoms with Gasteiger partial charge in [-0.05, 0) is 52.8 Å². The Morgan fingerprint density at radius 2 is 1.89 bits per heavy atom. The number of carbonyl (C=O) groups excluding carboxylic acids is 1. The van der Waals surface area contributed by atoms with E-state index in [1.165, 1.54) is 5.56 Å². The summed E-state index contributed by atoms with van der Waals surface area (Å²) in [5.74, 6) is -0.203. The molecule has 0 aromatic heterocycles. The predicted molar refractivity (Wildman–Crippen MR) is 85.9 cm³/mol. The van der Waals surface area contributed by atoms with Gasteiger partial charge in [0.15, 0.2) is 0 Å². The zero-order chi connectivity index (χ0) is 13.8. The minimum absolute atomic E-state index is 0.203. The van der Waals surface area contributed by atoms with Gasteiger partial charge in [-0.1, -0.05) is 36.4 Å². The Balaban J connectivity index is 2.10. The predicted octanol–water partition coefficient (Wildman–Crippen LogP) is 3.24. The van der Waals surface area contributed by atoms with Crippen LogP contribution in [-0.2, 0) is 4.79 Å². The number of nitrogens with two attached hydrogens (primary N) is 1. The van der Waals surface area contributed by atoms with Gasteiger partial charge in [0.2, 0.25) is 5.91 Å². The minimum Gasteiger partial charge on any atom is -0.324 e. The highest BCUT2D eigenvalue weighted by molar-refractivity contribution is 14.1. The van der Waals surface area contributed by atoms with Crippen LogP contribution in [0.2, 0.25) is 0 Å². The van der Waals surface area contributed by atoms with Crippen molar-refractivity contribution in [1.29, 1.82) is 0 Å². The summed E-state index contributed by atoms with van der Waals surface area (Å²) < 4.78 is 1.11. The van der Waals surface area contributed by atoms with Gasteiger partial charge in [-0.2, -0.15) is 0 Å². The normalized spacial score (nSPS) is 11.9. The lowest BCUT2D eigenvalue weighted by atomic mass is 10.1. The summed E-state index contributed by atoms with van der Waals surface area (Å²) in [6, 6.07) is 14.5. The average Bonchev–Trinajstić information content (AvgIpc) is 2.43. The molecule has 0 heterocycles. The fourth-order valence-corrected chi connectivity index (χ4v) is 2.22. The molecular weight excluding hydrogens is 351 g/mol. The highest BCUT2D eigenvalue weighted by atomic mass is 127. The number of amides is 1. The van der Waals surface area contributed by atoms with E-state index in [4.69, 9.17) is 5.73 Å². The number of nitrogens with one attached hydrogen (secondary N) is 1. The maximum atomic E-state index is 12.1. The molecule has 2 aromatic carbocycles. The fraction of sp³-hybridized carbons (Fsp3) is 0.133. The van der Waals surface area contributed by atoms with E-state index in [9.17, 15) is 4.79 Å². The molecule has 1 amide bonds. The van der Waals surface area contributed by atoms with Gasteiger partial charge in [-0.25, -0.2) is 0 Å². The standard InChI is InChI=1S/C15H15IN2O/c1-10-7-8-12(9-13(10)16)18-15(19)14(17)11-5-3-2-4-6-11/h2-9,14H,17H2,1H3,(H,18,19). The van der Waals surface area contributed by atoms with E-state index in [-0.39, 0.29) is 5.91 Å². The molecule has 0 fully saturated rings. The number of hydrogen-bond donors (Lipinski definition) is 2. The van der Waals surface area contributed by atoms with Crippen LogP contribution < -0.4 is 11.1 Å². The molecule has 0 radical (unpaired) electrons. The smallest absolute Gasteiger partial charge is 0.245 e. The third-order valence-corrected chi connectivity index (χ3v) is 4.04. The highest BCUT2D eigenvalue weighted by Gasteiger charge is 2.15. The van der Waals surface area contributed by atoms with Crippen molar-refractivity contribution in [1.82, 2.24) is 0 Å². The van der Waals surface area contributed by atoms with Crippen LogP contribution in [0.15, 0.2) is 48.5 Å². The Bertz CT molecular complexity index is 584. The molecule has 19 heavy (non-hydrogen) atoms. The van der Waals surface area contributed by atoms with Crippen LogP contribution in [0, 0.1) is 10.5 Å². The van der Waals surface area contributed by atoms with Gasteiger partial charge in [-0.15, -0.1) is 0 Å². The van der Waals surface area contributed by atoms with Crippen LogP contribution in [-0.4, -0.2) is 5.91 Å². The summed E-state index contributed by atoms with van der Waals surface area (Å²) in [7, 11) is 0. The molecule has 2 rings (SSSR count). The van der Waals surface area contributed by atoms with Gasteiger partial charge in [0.1, 0.15) is 6.04 Å². The number of rotatable bonds is 3. The summed E-state index contributed by atoms with van der Waals surface area (Å²) in [4.78, 5) is 12.1. The van der Waals surface area contributed by atoms with Gasteiger partial charge >= 0.3 is 0 Å². The van der Waals surface area contributed by atoms with Crippen molar-refractivity contribution < 1.29 is 4.79 Å². The number of aryl methyl sites for hydroxylation is 1. The Morgan fingerprint density at radius 1 is 1.21 bits per heavy atom. The lowest BCUT2D eigenvalue weighted by Gasteiger charge is -2.13. The highest BCUT2D eigenvalue weighted by Crippen LogP contribution is 2.18. The van der Waals surface area contributed by atoms with Crippen molar-refractivity contribution in [3.63, 3.8) is 0 Å². The first kappa shape index (κ1) is 14.0. The third kappa shape index (κ3) is 3.54. The molecule has 0 aliphatic carbocycles. The fourth-order valence-electron chi connectivity index (χ4n) is 1.70. The summed E-state index contributed by atoms with van der Waals surface area (Å²) in [5, 5.41) is 2.84. The lowest BCUT2D eigenvalue weighted by molar-refractivity contribution is -0.117. The number of anilines is 1. The molecule has 2 aromatic rings. The van der Waals surface area contributed by atoms with Crippen LogP contribution >= 0.6 is 22.6 Å². The monoisotopic (exact) mass is 366 g/mol. The van der Waals surface area contributed by atoms with Gasteiger partial charge in [-0.3, -0.25) is 4.79 Å². The molecule has 3 N–H and O–H groups in total. The molecule has 0 saturated carbocycles. The SMILES string of the molecule is Cc1ccc(NC(=O)C(N)c2ccccc2)cc1I. The largest absolute Gasteiger partial charge is 0.324 e. The second-order valence-corrected chi connectivity index (χ2v) is 5.50. The molecule has 0 bridgehead atoms. The molecule has 0 spiro atoms. The van der Waals surface area contributed by atoms with Crippen LogP contribution in [0.25, 0.3) is 0 Å². The van der Waals surface area contributed by atoms with Gasteiger partial charge < -0.3 is 11.1 Å². The van der Waals surface area contributed by atoms with Gasteiger partial charge in [0.25, 0.3) is 0 Å². The van der Waals surface area contributed by atoms with Gasteiger partial charge in [0, 0.05) is 9.26 Å². The summed E-state index contributed by atoms with van der Waals surface area (Å²) >= 11 is 2.24. The Kier molecular flexibility index (Phi) is 4.55. The summed E-state index contributed by atoms with van der Waals surface area (Å²) in [6.45, 7) is 2.03. The van der Waals surface area contributed by atoms with Crippen molar-refractivity contribution in [3.05, 3.63) is 63.2 Å². The van der Waals surface area contributed by atoms with E-state index in [2.05, 4.69) is 27.9 Å². The molecule has 98 valence electrons.